The highest BCUT2D eigenvalue weighted by molar-refractivity contribution is 7.85. The molecule has 60 heavy (non-hydrogen) atoms. The molecule has 1 heterocycles. The van der Waals surface area contributed by atoms with E-state index in [0.717, 1.165) is 58.0 Å². The molecule has 10 heteroatoms. The lowest BCUT2D eigenvalue weighted by Gasteiger charge is -2.14. The number of benzene rings is 4. The number of aryl methyl sites for hydroxylation is 1. The molecular weight excluding hydrogens is 773 g/mol. The fourth-order valence-corrected chi connectivity index (χ4v) is 6.75. The van der Waals surface area contributed by atoms with Gasteiger partial charge < -0.3 is 18.9 Å². The summed E-state index contributed by atoms with van der Waals surface area (Å²) in [6.45, 7) is 14.1. The van der Waals surface area contributed by atoms with Crippen LogP contribution in [-0.2, 0) is 29.5 Å². The molecule has 0 spiro atoms. The van der Waals surface area contributed by atoms with Crippen LogP contribution >= 0.6 is 0 Å². The first-order valence-corrected chi connectivity index (χ1v) is 22.4. The lowest BCUT2D eigenvalue weighted by Crippen LogP contribution is -2.35. The van der Waals surface area contributed by atoms with E-state index in [1.807, 2.05) is 122 Å². The fraction of sp³-hybridized carbons (Fsp3) is 0.380. The van der Waals surface area contributed by atoms with Gasteiger partial charge >= 0.3 is 0 Å². The topological polar surface area (TPSA) is 117 Å². The number of unbranched alkanes of at least 4 members (excludes halogenated alkanes) is 5. The van der Waals surface area contributed by atoms with E-state index in [-0.39, 0.29) is 16.5 Å². The summed E-state index contributed by atoms with van der Waals surface area (Å²) in [7, 11) is -0.224. The van der Waals surface area contributed by atoms with Gasteiger partial charge in [0.1, 0.15) is 28.2 Å². The molecule has 0 bridgehead atoms. The lowest BCUT2D eigenvalue weighted by atomic mass is 9.91. The van der Waals surface area contributed by atoms with Crippen molar-refractivity contribution < 1.29 is 36.6 Å². The number of nitrogens with zero attached hydrogens (tertiary/aromatic N) is 2. The summed E-state index contributed by atoms with van der Waals surface area (Å²) in [6.07, 6.45) is 12.1. The van der Waals surface area contributed by atoms with Gasteiger partial charge in [0.2, 0.25) is 0 Å². The molecule has 5 rings (SSSR count). The largest absolute Gasteiger partial charge is 0.744 e. The Morgan fingerprint density at radius 3 is 1.52 bits per heavy atom. The maximum atomic E-state index is 13.2. The predicted molar refractivity (Wildman–Crippen MR) is 241 cm³/mol. The number of carbonyl (C=O) groups excluding carboxylic acids is 2. The van der Waals surface area contributed by atoms with Crippen molar-refractivity contribution in [1.82, 2.24) is 0 Å². The number of hydrogen-bond acceptors (Lipinski definition) is 8. The van der Waals surface area contributed by atoms with E-state index in [1.165, 1.54) is 44.2 Å². The molecule has 0 aliphatic heterocycles. The first-order chi connectivity index (χ1) is 28.7. The third-order valence-corrected chi connectivity index (χ3v) is 11.0. The molecule has 0 saturated carbocycles. The molecule has 0 atom stereocenters. The first kappa shape index (κ1) is 49.0. The molecule has 0 aliphatic carbocycles. The van der Waals surface area contributed by atoms with E-state index in [4.69, 9.17) is 9.47 Å². The average molecular weight is 837 g/mol. The molecule has 0 N–H and O–H groups in total. The minimum absolute atomic E-state index is 0.0539. The summed E-state index contributed by atoms with van der Waals surface area (Å²) in [5.74, 6) is 1.67. The number of Topliss-reactive ketones (excluding diaryl/α,β-unsaturated/α-hetero) is 2. The van der Waals surface area contributed by atoms with Crippen LogP contribution in [0, 0.1) is 20.8 Å². The average Bonchev–Trinajstić information content (AvgIpc) is 3.24. The maximum absolute atomic E-state index is 13.2. The summed E-state index contributed by atoms with van der Waals surface area (Å²) < 4.78 is 45.0. The van der Waals surface area contributed by atoms with Crippen molar-refractivity contribution in [3.63, 3.8) is 0 Å². The third kappa shape index (κ3) is 16.4. The van der Waals surface area contributed by atoms with Crippen molar-refractivity contribution in [2.24, 2.45) is 0 Å². The SMILES string of the molecule is CC.CCCCCCCCOc1ccc(C(=O)Cc2ccc(CC(=O)c3ccc(OCC[n+]4ccc(N(C)C)cc4)cc3)c(C)c2C)cc1.Cc1ccc(S(=O)(=O)[O-])cc1. The molecule has 0 amide bonds. The molecule has 0 aliphatic rings. The van der Waals surface area contributed by atoms with E-state index in [9.17, 15) is 22.6 Å². The van der Waals surface area contributed by atoms with Gasteiger partial charge in [-0.15, -0.1) is 0 Å². The second kappa shape index (κ2) is 25.3. The summed E-state index contributed by atoms with van der Waals surface area (Å²) in [4.78, 5) is 28.2. The van der Waals surface area contributed by atoms with Gasteiger partial charge in [-0.2, -0.15) is 0 Å². The van der Waals surface area contributed by atoms with Crippen LogP contribution in [0.3, 0.4) is 0 Å². The molecule has 1 aromatic heterocycles. The van der Waals surface area contributed by atoms with Crippen LogP contribution in [0.15, 0.2) is 114 Å². The number of anilines is 1. The van der Waals surface area contributed by atoms with Crippen molar-refractivity contribution >= 4 is 27.4 Å². The minimum atomic E-state index is -4.27. The number of carbonyl (C=O) groups is 2. The van der Waals surface area contributed by atoms with E-state index in [2.05, 4.69) is 28.5 Å². The molecule has 322 valence electrons. The van der Waals surface area contributed by atoms with Crippen LogP contribution in [0.1, 0.15) is 108 Å². The number of ether oxygens (including phenoxy) is 2. The number of aromatic nitrogens is 1. The monoisotopic (exact) mass is 836 g/mol. The molecular formula is C50H64N2O7S. The smallest absolute Gasteiger partial charge is 0.182 e. The Balaban J connectivity index is 0.000000634. The summed E-state index contributed by atoms with van der Waals surface area (Å²) >= 11 is 0. The summed E-state index contributed by atoms with van der Waals surface area (Å²) in [5.41, 5.74) is 7.49. The van der Waals surface area contributed by atoms with Crippen LogP contribution in [0.2, 0.25) is 0 Å². The van der Waals surface area contributed by atoms with Crippen molar-refractivity contribution in [2.75, 3.05) is 32.2 Å². The Morgan fingerprint density at radius 2 is 1.07 bits per heavy atom. The van der Waals surface area contributed by atoms with Gasteiger partial charge in [-0.3, -0.25) is 9.59 Å². The Bertz CT molecular complexity index is 2170. The van der Waals surface area contributed by atoms with Gasteiger partial charge in [0.05, 0.1) is 11.5 Å². The molecule has 4 aromatic carbocycles. The van der Waals surface area contributed by atoms with Crippen LogP contribution in [0.4, 0.5) is 5.69 Å². The van der Waals surface area contributed by atoms with Gasteiger partial charge in [-0.25, -0.2) is 13.0 Å². The molecule has 5 aromatic rings. The first-order valence-electron chi connectivity index (χ1n) is 21.0. The predicted octanol–water partition coefficient (Wildman–Crippen LogP) is 10.3. The Kier molecular flexibility index (Phi) is 20.7. The van der Waals surface area contributed by atoms with Crippen LogP contribution in [0.5, 0.6) is 11.5 Å². The van der Waals surface area contributed by atoms with Crippen LogP contribution in [0.25, 0.3) is 0 Å². The van der Waals surface area contributed by atoms with Crippen molar-refractivity contribution in [3.05, 3.63) is 148 Å². The van der Waals surface area contributed by atoms with Gasteiger partial charge in [-0.05, 0) is 110 Å². The Labute approximate surface area is 359 Å². The second-order valence-electron chi connectivity index (χ2n) is 14.8. The van der Waals surface area contributed by atoms with E-state index in [0.29, 0.717) is 37.2 Å². The number of hydrogen-bond donors (Lipinski definition) is 0. The normalized spacial score (nSPS) is 10.8. The zero-order valence-corrected chi connectivity index (χ0v) is 37.6. The third-order valence-electron chi connectivity index (χ3n) is 10.2. The fourth-order valence-electron chi connectivity index (χ4n) is 6.28. The van der Waals surface area contributed by atoms with Crippen molar-refractivity contribution in [2.45, 2.75) is 104 Å². The number of pyridine rings is 1. The highest BCUT2D eigenvalue weighted by atomic mass is 32.2. The highest BCUT2D eigenvalue weighted by Crippen LogP contribution is 2.23. The standard InChI is InChI=1S/C41H51N2O4.C7H8O3S.C2H6/c1-6-7-8-9-10-11-27-46-38-18-14-33(15-19-38)40(44)29-35-12-13-36(32(3)31(35)2)30-41(45)34-16-20-39(21-17-34)47-28-26-43-24-22-37(23-25-43)42(4)5;1-6-2-4-7(5-3-6)11(8,9)10;1-2/h12-25H,6-11,26-30H2,1-5H3;2-5H,1H3,(H,8,9,10);1-2H3/q+1;;/p-1. The number of ketones is 2. The van der Waals surface area contributed by atoms with Gasteiger partial charge in [0.15, 0.2) is 30.5 Å². The number of rotatable bonds is 20. The second-order valence-corrected chi connectivity index (χ2v) is 16.2. The zero-order valence-electron chi connectivity index (χ0n) is 36.8. The highest BCUT2D eigenvalue weighted by Gasteiger charge is 2.15. The molecule has 0 fully saturated rings. The molecule has 0 unspecified atom stereocenters. The zero-order chi connectivity index (χ0) is 44.1. The van der Waals surface area contributed by atoms with Gasteiger partial charge in [0.25, 0.3) is 0 Å². The minimum Gasteiger partial charge on any atom is -0.744 e. The van der Waals surface area contributed by atoms with Gasteiger partial charge in [0, 0.05) is 55.9 Å². The summed E-state index contributed by atoms with van der Waals surface area (Å²) in [6, 6.07) is 28.8. The van der Waals surface area contributed by atoms with Gasteiger partial charge in [-0.1, -0.05) is 82.7 Å². The molecule has 0 radical (unpaired) electrons. The van der Waals surface area contributed by atoms with Crippen molar-refractivity contribution in [1.29, 1.82) is 0 Å². The van der Waals surface area contributed by atoms with E-state index < -0.39 is 10.1 Å². The molecule has 9 nitrogen and oxygen atoms in total. The van der Waals surface area contributed by atoms with E-state index in [1.54, 1.807) is 12.1 Å². The Hall–Kier alpha value is -5.32. The lowest BCUT2D eigenvalue weighted by molar-refractivity contribution is -0.697. The van der Waals surface area contributed by atoms with Crippen LogP contribution < -0.4 is 18.9 Å². The quantitative estimate of drug-likeness (QED) is 0.0329. The Morgan fingerprint density at radius 1 is 0.617 bits per heavy atom. The van der Waals surface area contributed by atoms with Crippen molar-refractivity contribution in [3.8, 4) is 11.5 Å². The maximum Gasteiger partial charge on any atom is 0.182 e. The molecule has 0 saturated heterocycles. The van der Waals surface area contributed by atoms with Crippen LogP contribution in [-0.4, -0.2) is 51.8 Å². The van der Waals surface area contributed by atoms with E-state index >= 15 is 0 Å². The summed E-state index contributed by atoms with van der Waals surface area (Å²) in [5, 5.41) is 0.